The van der Waals surface area contributed by atoms with E-state index in [4.69, 9.17) is 21.1 Å². The summed E-state index contributed by atoms with van der Waals surface area (Å²) in [6.07, 6.45) is 1.48. The monoisotopic (exact) mass is 447 g/mol. The molecule has 1 radical (unpaired) electrons. The number of benzene rings is 1. The summed E-state index contributed by atoms with van der Waals surface area (Å²) >= 11 is 5.91. The first-order valence-corrected chi connectivity index (χ1v) is 7.47. The van der Waals surface area contributed by atoms with Crippen molar-refractivity contribution in [2.45, 2.75) is 6.43 Å². The number of halogens is 4. The molecule has 0 saturated carbocycles. The Labute approximate surface area is 175 Å². The average Bonchev–Trinajstić information content (AvgIpc) is 2.53. The number of alkyl halides is 2. The molecular weight excluding hydrogens is 432 g/mol. The molecule has 0 fully saturated rings. The summed E-state index contributed by atoms with van der Waals surface area (Å²) in [5, 5.41) is 0.180. The second kappa shape index (κ2) is 10.4. The Morgan fingerprint density at radius 3 is 2.64 bits per heavy atom. The summed E-state index contributed by atoms with van der Waals surface area (Å²) in [6.45, 7) is 3.66. The molecule has 1 aromatic rings. The van der Waals surface area contributed by atoms with Crippen molar-refractivity contribution < 1.29 is 55.4 Å². The van der Waals surface area contributed by atoms with E-state index in [9.17, 15) is 13.2 Å². The molecule has 0 bridgehead atoms. The van der Waals surface area contributed by atoms with Crippen LogP contribution in [0.25, 0.3) is 5.70 Å². The third kappa shape index (κ3) is 5.85. The van der Waals surface area contributed by atoms with E-state index < -0.39 is 18.8 Å². The number of hydrogen-bond acceptors (Lipinski definition) is 3. The molecule has 0 aromatic heterocycles. The summed E-state index contributed by atoms with van der Waals surface area (Å²) in [5.41, 5.74) is 0.424. The largest absolute Gasteiger partial charge is 0.491 e. The molecule has 0 N–H and O–H groups in total. The smallest absolute Gasteiger partial charge is 0.256 e. The van der Waals surface area contributed by atoms with Gasteiger partial charge in [-0.1, -0.05) is 17.8 Å². The van der Waals surface area contributed by atoms with E-state index in [1.54, 1.807) is 6.07 Å². The van der Waals surface area contributed by atoms with E-state index in [0.29, 0.717) is 12.4 Å². The van der Waals surface area contributed by atoms with Gasteiger partial charge in [0.2, 0.25) is 0 Å². The standard InChI is InChI=1S/C17H16ClF3NO2.Y/c1-11-14(18)5-6-16(22(11)10-17(20)21)13-4-3-12(9-15(13)19)24-8-7-23-2;/h3-5,9,17H,1,7-8,10H2,2H3;/q-1;. The molecular formula is C17H16ClF3NO2Y-. The second-order valence-electron chi connectivity index (χ2n) is 4.92. The van der Waals surface area contributed by atoms with Gasteiger partial charge in [0, 0.05) is 45.9 Å². The van der Waals surface area contributed by atoms with Gasteiger partial charge >= 0.3 is 0 Å². The summed E-state index contributed by atoms with van der Waals surface area (Å²) in [4.78, 5) is 1.15. The van der Waals surface area contributed by atoms with Gasteiger partial charge in [0.15, 0.2) is 0 Å². The van der Waals surface area contributed by atoms with E-state index in [1.807, 2.05) is 0 Å². The van der Waals surface area contributed by atoms with Gasteiger partial charge in [-0.2, -0.15) is 23.8 Å². The van der Waals surface area contributed by atoms with Crippen molar-refractivity contribution in [2.75, 3.05) is 26.9 Å². The maximum absolute atomic E-state index is 14.4. The van der Waals surface area contributed by atoms with E-state index in [1.165, 1.54) is 25.3 Å². The van der Waals surface area contributed by atoms with Gasteiger partial charge in [0.25, 0.3) is 6.43 Å². The molecule has 8 heteroatoms. The minimum atomic E-state index is -2.64. The zero-order valence-electron chi connectivity index (χ0n) is 13.6. The molecule has 1 aliphatic heterocycles. The maximum atomic E-state index is 14.4. The summed E-state index contributed by atoms with van der Waals surface area (Å²) < 4.78 is 50.2. The van der Waals surface area contributed by atoms with Crippen LogP contribution in [0.5, 0.6) is 5.75 Å². The zero-order valence-corrected chi connectivity index (χ0v) is 17.2. The molecule has 1 heterocycles. The Balaban J connectivity index is 0.00000312. The number of ether oxygens (including phenoxy) is 2. The van der Waals surface area contributed by atoms with E-state index in [-0.39, 0.29) is 61.3 Å². The van der Waals surface area contributed by atoms with Gasteiger partial charge in [-0.3, -0.25) is 0 Å². The molecule has 1 aliphatic rings. The minimum absolute atomic E-state index is 0. The molecule has 25 heavy (non-hydrogen) atoms. The summed E-state index contributed by atoms with van der Waals surface area (Å²) in [5.74, 6) is -0.302. The second-order valence-corrected chi connectivity index (χ2v) is 5.32. The molecule has 1 aromatic carbocycles. The van der Waals surface area contributed by atoms with Crippen LogP contribution in [0.3, 0.4) is 0 Å². The number of methoxy groups -OCH3 is 1. The molecule has 0 aliphatic carbocycles. The van der Waals surface area contributed by atoms with Crippen molar-refractivity contribution >= 4 is 17.3 Å². The Bertz CT molecular complexity index is 680. The summed E-state index contributed by atoms with van der Waals surface area (Å²) in [7, 11) is 1.53. The Kier molecular flexibility index (Phi) is 9.21. The third-order valence-corrected chi connectivity index (χ3v) is 3.61. The topological polar surface area (TPSA) is 21.7 Å². The predicted octanol–water partition coefficient (Wildman–Crippen LogP) is 4.21. The first kappa shape index (κ1) is 22.2. The molecule has 2 rings (SSSR count). The molecule has 0 amide bonds. The first-order chi connectivity index (χ1) is 11.4. The van der Waals surface area contributed by atoms with Gasteiger partial charge in [-0.15, -0.1) is 6.07 Å². The Hall–Kier alpha value is -0.816. The van der Waals surface area contributed by atoms with Gasteiger partial charge in [-0.25, -0.2) is 13.2 Å². The fourth-order valence-electron chi connectivity index (χ4n) is 2.14. The van der Waals surface area contributed by atoms with Crippen LogP contribution in [-0.2, 0) is 37.4 Å². The van der Waals surface area contributed by atoms with Crippen LogP contribution in [0.2, 0.25) is 0 Å². The minimum Gasteiger partial charge on any atom is -0.491 e. The molecule has 0 saturated heterocycles. The van der Waals surface area contributed by atoms with Crippen molar-refractivity contribution in [2.24, 2.45) is 0 Å². The molecule has 0 atom stereocenters. The van der Waals surface area contributed by atoms with Crippen molar-refractivity contribution in [1.29, 1.82) is 0 Å². The fourth-order valence-corrected chi connectivity index (χ4v) is 2.30. The van der Waals surface area contributed by atoms with Crippen molar-refractivity contribution in [3.63, 3.8) is 0 Å². The van der Waals surface area contributed by atoms with Gasteiger partial charge < -0.3 is 14.4 Å². The Morgan fingerprint density at radius 1 is 1.32 bits per heavy atom. The van der Waals surface area contributed by atoms with Gasteiger partial charge in [0.05, 0.1) is 19.0 Å². The van der Waals surface area contributed by atoms with E-state index >= 15 is 0 Å². The van der Waals surface area contributed by atoms with Crippen LogP contribution < -0.4 is 4.74 Å². The molecule has 3 nitrogen and oxygen atoms in total. The average molecular weight is 448 g/mol. The first-order valence-electron chi connectivity index (χ1n) is 7.09. The molecule has 133 valence electrons. The number of rotatable bonds is 7. The predicted molar refractivity (Wildman–Crippen MR) is 86.2 cm³/mol. The number of allylic oxidation sites excluding steroid dienone is 3. The van der Waals surface area contributed by atoms with E-state index in [2.05, 4.69) is 12.7 Å². The van der Waals surface area contributed by atoms with Gasteiger partial charge in [0.1, 0.15) is 12.4 Å². The SMILES string of the molecule is C=C1C(Cl)=C[C-]=C(c2ccc(OCCOC)cc2F)N1CC(F)F.[Y]. The number of nitrogens with zero attached hydrogens (tertiary/aromatic N) is 1. The van der Waals surface area contributed by atoms with Crippen molar-refractivity contribution in [3.8, 4) is 5.75 Å². The zero-order chi connectivity index (χ0) is 17.7. The summed E-state index contributed by atoms with van der Waals surface area (Å²) in [6, 6.07) is 4.17. The van der Waals surface area contributed by atoms with Crippen LogP contribution in [0.4, 0.5) is 13.2 Å². The van der Waals surface area contributed by atoms with Crippen LogP contribution in [0.15, 0.2) is 41.6 Å². The van der Waals surface area contributed by atoms with Gasteiger partial charge in [-0.05, 0) is 16.8 Å². The fraction of sp³-hybridized carbons (Fsp3) is 0.294. The molecule has 0 spiro atoms. The van der Waals surface area contributed by atoms with Crippen LogP contribution >= 0.6 is 11.6 Å². The van der Waals surface area contributed by atoms with Crippen molar-refractivity contribution in [3.05, 3.63) is 59.0 Å². The van der Waals surface area contributed by atoms with Crippen LogP contribution in [0.1, 0.15) is 5.56 Å². The third-order valence-electron chi connectivity index (χ3n) is 3.28. The van der Waals surface area contributed by atoms with Crippen LogP contribution in [0, 0.1) is 11.9 Å². The quantitative estimate of drug-likeness (QED) is 0.462. The normalized spacial score (nSPS) is 14.2. The van der Waals surface area contributed by atoms with Crippen molar-refractivity contribution in [1.82, 2.24) is 4.90 Å². The van der Waals surface area contributed by atoms with E-state index in [0.717, 1.165) is 4.90 Å². The molecule has 0 unspecified atom stereocenters. The number of hydrogen-bond donors (Lipinski definition) is 0. The Morgan fingerprint density at radius 2 is 2.04 bits per heavy atom. The maximum Gasteiger partial charge on any atom is 0.256 e. The van der Waals surface area contributed by atoms with Crippen LogP contribution in [-0.4, -0.2) is 38.2 Å².